The molecule has 0 unspecified atom stereocenters. The summed E-state index contributed by atoms with van der Waals surface area (Å²) >= 11 is 0. The maximum Gasteiger partial charge on any atom is 0.425 e. The molecule has 1 atom stereocenters. The summed E-state index contributed by atoms with van der Waals surface area (Å²) in [4.78, 5) is 39.1. The number of Topliss-reactive ketones (excluding diaryl/α,β-unsaturated/α-hetero) is 1. The van der Waals surface area contributed by atoms with E-state index in [1.54, 1.807) is 12.1 Å². The highest BCUT2D eigenvalue weighted by atomic mass is 19.4. The SMILES string of the molecule is CCCCN1C(=O)[C@](NC(=O)c2ccc(C(C)(C)C)cc2)(C(F)(F)F)C(C(C)=O)=C1C. The molecule has 0 saturated carbocycles. The van der Waals surface area contributed by atoms with Crippen LogP contribution in [0, 0.1) is 0 Å². The number of nitrogens with one attached hydrogen (secondary N) is 1. The third-order valence-corrected chi connectivity index (χ3v) is 5.53. The van der Waals surface area contributed by atoms with Crippen LogP contribution < -0.4 is 5.32 Å². The lowest BCUT2D eigenvalue weighted by atomic mass is 9.85. The summed E-state index contributed by atoms with van der Waals surface area (Å²) in [7, 11) is 0. The van der Waals surface area contributed by atoms with Gasteiger partial charge in [0, 0.05) is 17.8 Å². The van der Waals surface area contributed by atoms with Crippen LogP contribution >= 0.6 is 0 Å². The van der Waals surface area contributed by atoms with Crippen molar-refractivity contribution in [2.45, 2.75) is 71.5 Å². The Morgan fingerprint density at radius 1 is 1.10 bits per heavy atom. The van der Waals surface area contributed by atoms with Gasteiger partial charge in [0.15, 0.2) is 5.78 Å². The molecule has 0 aliphatic carbocycles. The van der Waals surface area contributed by atoms with Crippen LogP contribution in [0.15, 0.2) is 35.5 Å². The molecule has 1 N–H and O–H groups in total. The van der Waals surface area contributed by atoms with Crippen molar-refractivity contribution in [3.8, 4) is 0 Å². The molecular weight excluding hydrogens is 409 g/mol. The van der Waals surface area contributed by atoms with Gasteiger partial charge in [-0.15, -0.1) is 0 Å². The summed E-state index contributed by atoms with van der Waals surface area (Å²) in [6.45, 7) is 10.1. The number of halogens is 3. The smallest absolute Gasteiger partial charge is 0.326 e. The van der Waals surface area contributed by atoms with Gasteiger partial charge in [-0.05, 0) is 43.4 Å². The fourth-order valence-corrected chi connectivity index (χ4v) is 3.79. The molecule has 0 aromatic heterocycles. The summed E-state index contributed by atoms with van der Waals surface area (Å²) in [5.41, 5.74) is -3.55. The van der Waals surface area contributed by atoms with Crippen molar-refractivity contribution < 1.29 is 27.6 Å². The van der Waals surface area contributed by atoms with Gasteiger partial charge in [-0.2, -0.15) is 13.2 Å². The summed E-state index contributed by atoms with van der Waals surface area (Å²) in [5, 5.41) is 1.89. The van der Waals surface area contributed by atoms with E-state index < -0.39 is 34.9 Å². The first-order valence-corrected chi connectivity index (χ1v) is 10.2. The maximum atomic E-state index is 14.4. The van der Waals surface area contributed by atoms with E-state index >= 15 is 0 Å². The van der Waals surface area contributed by atoms with Gasteiger partial charge in [0.1, 0.15) is 0 Å². The molecule has 8 heteroatoms. The van der Waals surface area contributed by atoms with Crippen molar-refractivity contribution in [2.75, 3.05) is 6.54 Å². The van der Waals surface area contributed by atoms with Crippen LogP contribution in [0.25, 0.3) is 0 Å². The molecule has 0 fully saturated rings. The van der Waals surface area contributed by atoms with Gasteiger partial charge < -0.3 is 10.2 Å². The van der Waals surface area contributed by atoms with E-state index in [0.29, 0.717) is 12.8 Å². The molecule has 2 rings (SSSR count). The van der Waals surface area contributed by atoms with Crippen LogP contribution in [0.3, 0.4) is 0 Å². The van der Waals surface area contributed by atoms with Gasteiger partial charge in [0.2, 0.25) is 5.54 Å². The van der Waals surface area contributed by atoms with Gasteiger partial charge in [0.25, 0.3) is 11.8 Å². The summed E-state index contributed by atoms with van der Waals surface area (Å²) < 4.78 is 43.2. The Morgan fingerprint density at radius 2 is 1.65 bits per heavy atom. The van der Waals surface area contributed by atoms with Crippen molar-refractivity contribution >= 4 is 17.6 Å². The van der Waals surface area contributed by atoms with Gasteiger partial charge in [0.05, 0.1) is 5.57 Å². The molecular formula is C23H29F3N2O3. The molecule has 0 radical (unpaired) electrons. The number of unbranched alkanes of at least 4 members (excludes halogenated alkanes) is 1. The van der Waals surface area contributed by atoms with Crippen LogP contribution in [-0.2, 0) is 15.0 Å². The molecule has 5 nitrogen and oxygen atoms in total. The highest BCUT2D eigenvalue weighted by Crippen LogP contribution is 2.45. The Bertz CT molecular complexity index is 911. The molecule has 1 aromatic rings. The van der Waals surface area contributed by atoms with Crippen LogP contribution in [0.4, 0.5) is 13.2 Å². The average molecular weight is 438 g/mol. The van der Waals surface area contributed by atoms with Crippen LogP contribution in [0.1, 0.15) is 70.3 Å². The van der Waals surface area contributed by atoms with Crippen LogP contribution in [-0.4, -0.2) is 40.8 Å². The number of benzene rings is 1. The second-order valence-electron chi connectivity index (χ2n) is 8.86. The lowest BCUT2D eigenvalue weighted by Crippen LogP contribution is -2.66. The average Bonchev–Trinajstić information content (AvgIpc) is 2.86. The Labute approximate surface area is 180 Å². The minimum Gasteiger partial charge on any atom is -0.326 e. The maximum absolute atomic E-state index is 14.4. The molecule has 170 valence electrons. The van der Waals surface area contributed by atoms with Crippen molar-refractivity contribution in [2.24, 2.45) is 0 Å². The minimum atomic E-state index is -5.20. The monoisotopic (exact) mass is 438 g/mol. The number of nitrogens with zero attached hydrogens (tertiary/aromatic N) is 1. The van der Waals surface area contributed by atoms with E-state index in [0.717, 1.165) is 17.4 Å². The topological polar surface area (TPSA) is 66.5 Å². The number of carbonyl (C=O) groups excluding carboxylic acids is 3. The van der Waals surface area contributed by atoms with Crippen LogP contribution in [0.2, 0.25) is 0 Å². The van der Waals surface area contributed by atoms with Crippen molar-refractivity contribution in [3.05, 3.63) is 46.7 Å². The molecule has 31 heavy (non-hydrogen) atoms. The predicted octanol–water partition coefficient (Wildman–Crippen LogP) is 4.52. The van der Waals surface area contributed by atoms with Crippen molar-refractivity contribution in [3.63, 3.8) is 0 Å². The van der Waals surface area contributed by atoms with Crippen LogP contribution in [0.5, 0.6) is 0 Å². The Morgan fingerprint density at radius 3 is 2.06 bits per heavy atom. The molecule has 2 amide bonds. The molecule has 1 heterocycles. The number of allylic oxidation sites excluding steroid dienone is 1. The van der Waals surface area contributed by atoms with E-state index in [1.165, 1.54) is 19.1 Å². The molecule has 1 aliphatic rings. The fourth-order valence-electron chi connectivity index (χ4n) is 3.79. The first kappa shape index (κ1) is 24.6. The third kappa shape index (κ3) is 4.38. The van der Waals surface area contributed by atoms with Crippen molar-refractivity contribution in [1.82, 2.24) is 10.2 Å². The Kier molecular flexibility index (Phi) is 6.73. The number of amides is 2. The number of rotatable bonds is 6. The number of hydrogen-bond acceptors (Lipinski definition) is 3. The Balaban J connectivity index is 2.55. The Hall–Kier alpha value is -2.64. The van der Waals surface area contributed by atoms with Gasteiger partial charge in [-0.3, -0.25) is 14.4 Å². The van der Waals surface area contributed by atoms with Gasteiger partial charge in [-0.1, -0.05) is 46.2 Å². The standard InChI is InChI=1S/C23H29F3N2O3/c1-7-8-13-28-14(2)18(15(3)29)22(20(28)31,23(24,25)26)27-19(30)16-9-11-17(12-10-16)21(4,5)6/h9-12H,7-8,13H2,1-6H3,(H,27,30)/t22-/m0/s1. The predicted molar refractivity (Wildman–Crippen MR) is 111 cm³/mol. The van der Waals surface area contributed by atoms with Crippen molar-refractivity contribution in [1.29, 1.82) is 0 Å². The van der Waals surface area contributed by atoms with Gasteiger partial charge >= 0.3 is 6.18 Å². The van der Waals surface area contributed by atoms with E-state index in [-0.39, 0.29) is 23.2 Å². The largest absolute Gasteiger partial charge is 0.425 e. The molecule has 1 aliphatic heterocycles. The lowest BCUT2D eigenvalue weighted by Gasteiger charge is -2.33. The summed E-state index contributed by atoms with van der Waals surface area (Å²) in [6.07, 6.45) is -4.09. The van der Waals surface area contributed by atoms with E-state index in [4.69, 9.17) is 0 Å². The first-order chi connectivity index (χ1) is 14.2. The highest BCUT2D eigenvalue weighted by Gasteiger charge is 2.69. The summed E-state index contributed by atoms with van der Waals surface area (Å²) in [5.74, 6) is -3.34. The number of hydrogen-bond donors (Lipinski definition) is 1. The zero-order valence-electron chi connectivity index (χ0n) is 18.7. The normalized spacial score (nSPS) is 19.8. The molecule has 0 bridgehead atoms. The molecule has 0 saturated heterocycles. The quantitative estimate of drug-likeness (QED) is 0.710. The second-order valence-corrected chi connectivity index (χ2v) is 8.86. The molecule has 0 spiro atoms. The van der Waals surface area contributed by atoms with E-state index in [1.807, 2.05) is 33.0 Å². The summed E-state index contributed by atoms with van der Waals surface area (Å²) in [6, 6.07) is 6.15. The second kappa shape index (κ2) is 8.48. The zero-order valence-corrected chi connectivity index (χ0v) is 18.7. The zero-order chi connectivity index (χ0) is 23.8. The first-order valence-electron chi connectivity index (χ1n) is 10.2. The minimum absolute atomic E-state index is 0.0306. The third-order valence-electron chi connectivity index (χ3n) is 5.53. The number of alkyl halides is 3. The number of carbonyl (C=O) groups is 3. The van der Waals surface area contributed by atoms with Gasteiger partial charge in [-0.25, -0.2) is 0 Å². The fraction of sp³-hybridized carbons (Fsp3) is 0.522. The molecule has 1 aromatic carbocycles. The number of ketones is 1. The van der Waals surface area contributed by atoms with E-state index in [2.05, 4.69) is 0 Å². The highest BCUT2D eigenvalue weighted by molar-refractivity contribution is 6.13. The van der Waals surface area contributed by atoms with E-state index in [9.17, 15) is 27.6 Å². The lowest BCUT2D eigenvalue weighted by molar-refractivity contribution is -0.190.